The lowest BCUT2D eigenvalue weighted by Crippen LogP contribution is -2.27. The SMILES string of the molecule is Nc1nc(N2CC[C@@H](N)C2)c2oc3c(c2n1)CCCC3.O=C(O)C(F)(F)F. The smallest absolute Gasteiger partial charge is 0.475 e. The molecule has 1 atom stereocenters. The third-order valence-electron chi connectivity index (χ3n) is 4.56. The molecule has 0 unspecified atom stereocenters. The molecule has 8 nitrogen and oxygen atoms in total. The van der Waals surface area contributed by atoms with Gasteiger partial charge in [-0.3, -0.25) is 0 Å². The first kappa shape index (κ1) is 19.2. The number of anilines is 2. The van der Waals surface area contributed by atoms with Crippen LogP contribution in [0.25, 0.3) is 11.1 Å². The number of fused-ring (bicyclic) bond motifs is 3. The van der Waals surface area contributed by atoms with E-state index >= 15 is 0 Å². The first-order valence-corrected chi connectivity index (χ1v) is 8.55. The van der Waals surface area contributed by atoms with E-state index in [1.807, 2.05) is 0 Å². The number of rotatable bonds is 1. The van der Waals surface area contributed by atoms with Crippen molar-refractivity contribution in [2.45, 2.75) is 44.3 Å². The largest absolute Gasteiger partial charge is 0.490 e. The van der Waals surface area contributed by atoms with E-state index in [9.17, 15) is 13.2 Å². The molecule has 4 rings (SSSR count). The van der Waals surface area contributed by atoms with Gasteiger partial charge in [-0.15, -0.1) is 0 Å². The number of hydrogen-bond donors (Lipinski definition) is 3. The molecule has 27 heavy (non-hydrogen) atoms. The molecule has 1 aliphatic carbocycles. The summed E-state index contributed by atoms with van der Waals surface area (Å²) >= 11 is 0. The monoisotopic (exact) mass is 387 g/mol. The number of alkyl halides is 3. The summed E-state index contributed by atoms with van der Waals surface area (Å²) in [5.74, 6) is -0.555. The number of carbonyl (C=O) groups is 1. The average Bonchev–Trinajstić information content (AvgIpc) is 3.18. The molecule has 0 saturated carbocycles. The molecule has 2 aliphatic rings. The number of carboxylic acids is 1. The fourth-order valence-electron chi connectivity index (χ4n) is 3.31. The number of hydrogen-bond acceptors (Lipinski definition) is 7. The van der Waals surface area contributed by atoms with Crippen molar-refractivity contribution in [2.24, 2.45) is 5.73 Å². The quantitative estimate of drug-likeness (QED) is 0.676. The maximum atomic E-state index is 10.6. The van der Waals surface area contributed by atoms with Crippen LogP contribution >= 0.6 is 0 Å². The normalized spacial score (nSPS) is 19.6. The van der Waals surface area contributed by atoms with E-state index in [1.54, 1.807) is 0 Å². The van der Waals surface area contributed by atoms with Gasteiger partial charge in [0.05, 0.1) is 0 Å². The topological polar surface area (TPSA) is 132 Å². The highest BCUT2D eigenvalue weighted by Gasteiger charge is 2.38. The molecule has 3 heterocycles. The molecule has 5 N–H and O–H groups in total. The number of nitrogen functional groups attached to an aromatic ring is 1. The number of aromatic nitrogens is 2. The average molecular weight is 387 g/mol. The van der Waals surface area contributed by atoms with Gasteiger partial charge < -0.3 is 25.9 Å². The van der Waals surface area contributed by atoms with Crippen LogP contribution in [-0.4, -0.2) is 46.4 Å². The summed E-state index contributed by atoms with van der Waals surface area (Å²) < 4.78 is 37.8. The molecule has 1 aliphatic heterocycles. The number of halogens is 3. The third-order valence-corrected chi connectivity index (χ3v) is 4.56. The summed E-state index contributed by atoms with van der Waals surface area (Å²) in [6.45, 7) is 1.70. The third kappa shape index (κ3) is 4.07. The molecule has 148 valence electrons. The lowest BCUT2D eigenvalue weighted by molar-refractivity contribution is -0.192. The van der Waals surface area contributed by atoms with E-state index in [0.29, 0.717) is 5.95 Å². The molecule has 0 radical (unpaired) electrons. The van der Waals surface area contributed by atoms with Gasteiger partial charge in [0.25, 0.3) is 0 Å². The van der Waals surface area contributed by atoms with Crippen molar-refractivity contribution >= 4 is 28.8 Å². The van der Waals surface area contributed by atoms with Gasteiger partial charge in [-0.05, 0) is 25.7 Å². The number of carboxylic acid groups (broad SMARTS) is 1. The van der Waals surface area contributed by atoms with Crippen LogP contribution in [-0.2, 0) is 17.6 Å². The van der Waals surface area contributed by atoms with Crippen molar-refractivity contribution in [1.29, 1.82) is 0 Å². The van der Waals surface area contributed by atoms with E-state index in [1.165, 1.54) is 18.4 Å². The van der Waals surface area contributed by atoms with Crippen LogP contribution < -0.4 is 16.4 Å². The maximum Gasteiger partial charge on any atom is 0.490 e. The van der Waals surface area contributed by atoms with Gasteiger partial charge in [-0.2, -0.15) is 18.2 Å². The Morgan fingerprint density at radius 1 is 1.26 bits per heavy atom. The Labute approximate surface area is 152 Å². The second-order valence-electron chi connectivity index (χ2n) is 6.59. The molecule has 0 bridgehead atoms. The van der Waals surface area contributed by atoms with E-state index < -0.39 is 12.1 Å². The van der Waals surface area contributed by atoms with Crippen LogP contribution in [0.4, 0.5) is 24.9 Å². The van der Waals surface area contributed by atoms with Crippen molar-refractivity contribution < 1.29 is 27.5 Å². The second-order valence-corrected chi connectivity index (χ2v) is 6.59. The highest BCUT2D eigenvalue weighted by Crippen LogP contribution is 2.36. The van der Waals surface area contributed by atoms with Crippen molar-refractivity contribution in [3.8, 4) is 0 Å². The van der Waals surface area contributed by atoms with Crippen LogP contribution in [0, 0.1) is 0 Å². The van der Waals surface area contributed by atoms with Crippen LogP contribution in [0.15, 0.2) is 4.42 Å². The van der Waals surface area contributed by atoms with E-state index in [2.05, 4.69) is 14.9 Å². The van der Waals surface area contributed by atoms with Gasteiger partial charge in [0.1, 0.15) is 11.3 Å². The fourth-order valence-corrected chi connectivity index (χ4v) is 3.31. The Morgan fingerprint density at radius 3 is 2.52 bits per heavy atom. The van der Waals surface area contributed by atoms with Crippen molar-refractivity contribution in [2.75, 3.05) is 23.7 Å². The second kappa shape index (κ2) is 7.22. The van der Waals surface area contributed by atoms with E-state index in [-0.39, 0.29) is 6.04 Å². The number of furan rings is 1. The Hall–Kier alpha value is -2.56. The Kier molecular flexibility index (Phi) is 5.13. The molecule has 0 spiro atoms. The molecule has 0 aromatic carbocycles. The summed E-state index contributed by atoms with van der Waals surface area (Å²) in [6, 6.07) is 0.200. The van der Waals surface area contributed by atoms with Gasteiger partial charge in [0.2, 0.25) is 5.95 Å². The van der Waals surface area contributed by atoms with Crippen LogP contribution in [0.3, 0.4) is 0 Å². The molecule has 1 fully saturated rings. The molecular weight excluding hydrogens is 367 g/mol. The lowest BCUT2D eigenvalue weighted by Gasteiger charge is -2.16. The molecule has 1 saturated heterocycles. The standard InChI is InChI=1S/C14H19N5O.C2HF3O2/c15-8-5-6-19(7-8)13-12-11(17-14(16)18-13)9-3-1-2-4-10(9)20-12;3-2(4,5)1(6)7/h8H,1-7,15H2,(H2,16,17,18);(H,6,7)/t8-;/m1./s1. The number of aliphatic carboxylic acids is 1. The summed E-state index contributed by atoms with van der Waals surface area (Å²) in [5.41, 5.74) is 14.8. The highest BCUT2D eigenvalue weighted by atomic mass is 19.4. The minimum atomic E-state index is -5.08. The molecular formula is C16H20F3N5O3. The van der Waals surface area contributed by atoms with Gasteiger partial charge in [0, 0.05) is 31.1 Å². The minimum Gasteiger partial charge on any atom is -0.475 e. The van der Waals surface area contributed by atoms with Crippen LogP contribution in [0.2, 0.25) is 0 Å². The van der Waals surface area contributed by atoms with Crippen LogP contribution in [0.5, 0.6) is 0 Å². The van der Waals surface area contributed by atoms with Crippen LogP contribution in [0.1, 0.15) is 30.6 Å². The van der Waals surface area contributed by atoms with Gasteiger partial charge >= 0.3 is 12.1 Å². The maximum absolute atomic E-state index is 10.6. The zero-order valence-electron chi connectivity index (χ0n) is 14.4. The van der Waals surface area contributed by atoms with Crippen molar-refractivity contribution in [3.63, 3.8) is 0 Å². The predicted molar refractivity (Wildman–Crippen MR) is 91.4 cm³/mol. The summed E-state index contributed by atoms with van der Waals surface area (Å²) in [5, 5.41) is 7.12. The first-order chi connectivity index (χ1) is 12.7. The first-order valence-electron chi connectivity index (χ1n) is 8.55. The van der Waals surface area contributed by atoms with E-state index in [4.69, 9.17) is 25.8 Å². The molecule has 2 aromatic rings. The Balaban J connectivity index is 0.000000260. The molecule has 11 heteroatoms. The van der Waals surface area contributed by atoms with Crippen molar-refractivity contribution in [3.05, 3.63) is 11.3 Å². The summed E-state index contributed by atoms with van der Waals surface area (Å²) in [7, 11) is 0. The lowest BCUT2D eigenvalue weighted by atomic mass is 9.98. The van der Waals surface area contributed by atoms with Gasteiger partial charge in [-0.25, -0.2) is 9.78 Å². The van der Waals surface area contributed by atoms with E-state index in [0.717, 1.165) is 55.0 Å². The van der Waals surface area contributed by atoms with Crippen molar-refractivity contribution in [1.82, 2.24) is 9.97 Å². The zero-order valence-corrected chi connectivity index (χ0v) is 14.4. The van der Waals surface area contributed by atoms with Gasteiger partial charge in [0.15, 0.2) is 11.4 Å². The number of aryl methyl sites for hydroxylation is 2. The summed E-state index contributed by atoms with van der Waals surface area (Å²) in [6.07, 6.45) is 0.281. The minimum absolute atomic E-state index is 0.200. The summed E-state index contributed by atoms with van der Waals surface area (Å²) in [4.78, 5) is 19.9. The molecule has 0 amide bonds. The fraction of sp³-hybridized carbons (Fsp3) is 0.562. The predicted octanol–water partition coefficient (Wildman–Crippen LogP) is 1.85. The highest BCUT2D eigenvalue weighted by molar-refractivity contribution is 5.89. The zero-order chi connectivity index (χ0) is 19.8. The number of nitrogens with zero attached hydrogens (tertiary/aromatic N) is 3. The van der Waals surface area contributed by atoms with Gasteiger partial charge in [-0.1, -0.05) is 0 Å². The Bertz CT molecular complexity index is 852. The number of nitrogens with two attached hydrogens (primary N) is 2. The molecule has 2 aromatic heterocycles. The Morgan fingerprint density at radius 2 is 1.93 bits per heavy atom.